The monoisotopic (exact) mass is 315 g/mol. The molecule has 1 aromatic heterocycles. The first-order valence-corrected chi connectivity index (χ1v) is 7.28. The van der Waals surface area contributed by atoms with E-state index in [4.69, 9.17) is 14.3 Å². The number of benzene rings is 1. The molecule has 3 rings (SSSR count). The van der Waals surface area contributed by atoms with E-state index in [0.717, 1.165) is 11.3 Å². The Bertz CT molecular complexity index is 739. The van der Waals surface area contributed by atoms with Gasteiger partial charge in [-0.05, 0) is 24.6 Å². The lowest BCUT2D eigenvalue weighted by atomic mass is 10.1. The second-order valence-electron chi connectivity index (χ2n) is 5.60. The van der Waals surface area contributed by atoms with E-state index in [-0.39, 0.29) is 18.0 Å². The molecule has 2 aromatic rings. The Hall–Kier alpha value is -2.76. The summed E-state index contributed by atoms with van der Waals surface area (Å²) in [5.74, 6) is 0.304. The van der Waals surface area contributed by atoms with Gasteiger partial charge in [0.15, 0.2) is 6.10 Å². The lowest BCUT2D eigenvalue weighted by molar-refractivity contribution is -0.137. The standard InChI is InChI=1S/C17H17NO5/c1-10-13(17(20)21)8-12(22-10)9-18(2)16(19)15-7-11-5-3-4-6-14(11)23-15/h3-6,8,15H,7,9H2,1-2H3,(H,20,21)/t15-/m1/s1. The van der Waals surface area contributed by atoms with Gasteiger partial charge in [-0.3, -0.25) is 4.79 Å². The number of para-hydroxylation sites is 1. The predicted octanol–water partition coefficient (Wildman–Crippen LogP) is 2.25. The average molecular weight is 315 g/mol. The number of carbonyl (C=O) groups excluding carboxylic acids is 1. The molecule has 0 bridgehead atoms. The van der Waals surface area contributed by atoms with Crippen LogP contribution in [-0.4, -0.2) is 35.0 Å². The zero-order valence-corrected chi connectivity index (χ0v) is 12.9. The molecule has 0 radical (unpaired) electrons. The third-order valence-corrected chi connectivity index (χ3v) is 3.89. The zero-order valence-electron chi connectivity index (χ0n) is 12.9. The zero-order chi connectivity index (χ0) is 16.6. The van der Waals surface area contributed by atoms with Crippen LogP contribution in [0, 0.1) is 6.92 Å². The van der Waals surface area contributed by atoms with Gasteiger partial charge >= 0.3 is 5.97 Å². The highest BCUT2D eigenvalue weighted by Gasteiger charge is 2.31. The van der Waals surface area contributed by atoms with Gasteiger partial charge in [-0.1, -0.05) is 18.2 Å². The van der Waals surface area contributed by atoms with E-state index in [0.29, 0.717) is 17.9 Å². The molecule has 0 spiro atoms. The molecule has 1 amide bonds. The van der Waals surface area contributed by atoms with Crippen LogP contribution < -0.4 is 4.74 Å². The fourth-order valence-electron chi connectivity index (χ4n) is 2.71. The van der Waals surface area contributed by atoms with Gasteiger partial charge in [0.05, 0.1) is 6.54 Å². The van der Waals surface area contributed by atoms with Gasteiger partial charge in [0.25, 0.3) is 5.91 Å². The number of rotatable bonds is 4. The summed E-state index contributed by atoms with van der Waals surface area (Å²) in [5.41, 5.74) is 1.13. The van der Waals surface area contributed by atoms with Gasteiger partial charge in [-0.25, -0.2) is 4.79 Å². The molecule has 1 aliphatic rings. The van der Waals surface area contributed by atoms with Crippen LogP contribution in [0.5, 0.6) is 5.75 Å². The molecule has 1 aromatic carbocycles. The number of fused-ring (bicyclic) bond motifs is 1. The van der Waals surface area contributed by atoms with Crippen LogP contribution in [-0.2, 0) is 17.8 Å². The molecule has 0 unspecified atom stereocenters. The third kappa shape index (κ3) is 2.92. The highest BCUT2D eigenvalue weighted by molar-refractivity contribution is 5.89. The molecule has 6 nitrogen and oxygen atoms in total. The Morgan fingerprint density at radius 3 is 2.74 bits per heavy atom. The molecule has 0 fully saturated rings. The summed E-state index contributed by atoms with van der Waals surface area (Å²) in [4.78, 5) is 25.0. The smallest absolute Gasteiger partial charge is 0.339 e. The molecule has 1 N–H and O–H groups in total. The molecule has 0 saturated heterocycles. The topological polar surface area (TPSA) is 80.0 Å². The quantitative estimate of drug-likeness (QED) is 0.936. The highest BCUT2D eigenvalue weighted by atomic mass is 16.5. The van der Waals surface area contributed by atoms with Crippen LogP contribution in [0.15, 0.2) is 34.7 Å². The summed E-state index contributed by atoms with van der Waals surface area (Å²) in [6, 6.07) is 9.02. The number of aryl methyl sites for hydroxylation is 1. The van der Waals surface area contributed by atoms with Crippen molar-refractivity contribution in [3.63, 3.8) is 0 Å². The Balaban J connectivity index is 1.67. The third-order valence-electron chi connectivity index (χ3n) is 3.89. The second kappa shape index (κ2) is 5.79. The van der Waals surface area contributed by atoms with Crippen molar-refractivity contribution in [2.24, 2.45) is 0 Å². The first-order chi connectivity index (χ1) is 11.0. The van der Waals surface area contributed by atoms with E-state index in [1.165, 1.54) is 11.0 Å². The molecule has 23 heavy (non-hydrogen) atoms. The number of likely N-dealkylation sites (N-methyl/N-ethyl adjacent to an activating group) is 1. The first kappa shape index (κ1) is 15.1. The highest BCUT2D eigenvalue weighted by Crippen LogP contribution is 2.29. The summed E-state index contributed by atoms with van der Waals surface area (Å²) in [5, 5.41) is 9.03. The maximum atomic E-state index is 12.5. The van der Waals surface area contributed by atoms with Crippen molar-refractivity contribution in [1.82, 2.24) is 4.90 Å². The van der Waals surface area contributed by atoms with Crippen LogP contribution in [0.1, 0.15) is 27.4 Å². The van der Waals surface area contributed by atoms with Gasteiger partial charge in [-0.15, -0.1) is 0 Å². The molecule has 1 atom stereocenters. The van der Waals surface area contributed by atoms with Crippen molar-refractivity contribution in [3.05, 3.63) is 53.0 Å². The number of amides is 1. The Labute approximate surface area is 133 Å². The lowest BCUT2D eigenvalue weighted by Crippen LogP contribution is -2.38. The van der Waals surface area contributed by atoms with Gasteiger partial charge in [0, 0.05) is 13.5 Å². The Kier molecular flexibility index (Phi) is 3.82. The van der Waals surface area contributed by atoms with Crippen LogP contribution in [0.2, 0.25) is 0 Å². The maximum absolute atomic E-state index is 12.5. The number of aromatic carboxylic acids is 1. The fraction of sp³-hybridized carbons (Fsp3) is 0.294. The number of carboxylic acid groups (broad SMARTS) is 1. The van der Waals surface area contributed by atoms with Crippen LogP contribution in [0.3, 0.4) is 0 Å². The SMILES string of the molecule is Cc1oc(CN(C)C(=O)[C@H]2Cc3ccccc3O2)cc1C(=O)O. The summed E-state index contributed by atoms with van der Waals surface area (Å²) >= 11 is 0. The van der Waals surface area contributed by atoms with Gasteiger partial charge in [0.2, 0.25) is 0 Å². The van der Waals surface area contributed by atoms with Crippen LogP contribution in [0.4, 0.5) is 0 Å². The van der Waals surface area contributed by atoms with Gasteiger partial charge in [0.1, 0.15) is 22.8 Å². The summed E-state index contributed by atoms with van der Waals surface area (Å²) in [6.07, 6.45) is -0.0101. The van der Waals surface area contributed by atoms with E-state index < -0.39 is 12.1 Å². The minimum absolute atomic E-state index is 0.116. The normalized spacial score (nSPS) is 15.8. The molecule has 120 valence electrons. The van der Waals surface area contributed by atoms with Gasteiger partial charge < -0.3 is 19.2 Å². The van der Waals surface area contributed by atoms with E-state index in [1.807, 2.05) is 24.3 Å². The minimum Gasteiger partial charge on any atom is -0.480 e. The van der Waals surface area contributed by atoms with Crippen molar-refractivity contribution < 1.29 is 23.8 Å². The van der Waals surface area contributed by atoms with E-state index in [9.17, 15) is 9.59 Å². The van der Waals surface area contributed by atoms with E-state index in [2.05, 4.69) is 0 Å². The lowest BCUT2D eigenvalue weighted by Gasteiger charge is -2.19. The van der Waals surface area contributed by atoms with Gasteiger partial charge in [-0.2, -0.15) is 0 Å². The van der Waals surface area contributed by atoms with Crippen molar-refractivity contribution in [2.75, 3.05) is 7.05 Å². The number of carboxylic acids is 1. The summed E-state index contributed by atoms with van der Waals surface area (Å²) < 4.78 is 11.1. The van der Waals surface area contributed by atoms with Crippen molar-refractivity contribution >= 4 is 11.9 Å². The number of furan rings is 1. The predicted molar refractivity (Wildman–Crippen MR) is 81.4 cm³/mol. The molecular weight excluding hydrogens is 298 g/mol. The van der Waals surface area contributed by atoms with E-state index in [1.54, 1.807) is 14.0 Å². The second-order valence-corrected chi connectivity index (χ2v) is 5.60. The number of hydrogen-bond acceptors (Lipinski definition) is 4. The first-order valence-electron chi connectivity index (χ1n) is 7.28. The fourth-order valence-corrected chi connectivity index (χ4v) is 2.71. The number of hydrogen-bond donors (Lipinski definition) is 1. The number of ether oxygens (including phenoxy) is 1. The molecule has 6 heteroatoms. The van der Waals surface area contributed by atoms with Crippen molar-refractivity contribution in [3.8, 4) is 5.75 Å². The summed E-state index contributed by atoms with van der Waals surface area (Å²) in [7, 11) is 1.65. The Morgan fingerprint density at radius 2 is 2.09 bits per heavy atom. The van der Waals surface area contributed by atoms with Crippen molar-refractivity contribution in [1.29, 1.82) is 0 Å². The van der Waals surface area contributed by atoms with Crippen LogP contribution >= 0.6 is 0 Å². The molecule has 2 heterocycles. The van der Waals surface area contributed by atoms with Crippen molar-refractivity contribution in [2.45, 2.75) is 26.0 Å². The summed E-state index contributed by atoms with van der Waals surface area (Å²) in [6.45, 7) is 1.79. The Morgan fingerprint density at radius 1 is 1.35 bits per heavy atom. The molecule has 0 aliphatic carbocycles. The largest absolute Gasteiger partial charge is 0.480 e. The molecular formula is C17H17NO5. The molecule has 1 aliphatic heterocycles. The van der Waals surface area contributed by atoms with E-state index >= 15 is 0 Å². The molecule has 0 saturated carbocycles. The van der Waals surface area contributed by atoms with Crippen LogP contribution in [0.25, 0.3) is 0 Å². The minimum atomic E-state index is -1.04. The average Bonchev–Trinajstić information content (AvgIpc) is 3.09. The number of nitrogens with zero attached hydrogens (tertiary/aromatic N) is 1. The number of carbonyl (C=O) groups is 2. The maximum Gasteiger partial charge on any atom is 0.339 e.